The Labute approximate surface area is 226 Å². The molecule has 3 N–H and O–H groups in total. The van der Waals surface area contributed by atoms with Gasteiger partial charge in [-0.05, 0) is 41.7 Å². The second-order valence-corrected chi connectivity index (χ2v) is 11.2. The molecule has 5 rings (SSSR count). The largest absolute Gasteiger partial charge is 0.357 e. The van der Waals surface area contributed by atoms with E-state index in [1.165, 1.54) is 0 Å². The number of aromatic amines is 1. The van der Waals surface area contributed by atoms with Gasteiger partial charge in [0.25, 0.3) is 0 Å². The first-order valence-corrected chi connectivity index (χ1v) is 13.1. The molecule has 37 heavy (non-hydrogen) atoms. The van der Waals surface area contributed by atoms with Crippen molar-refractivity contribution in [1.82, 2.24) is 15.3 Å². The molecular weight excluding hydrogens is 509 g/mol. The second-order valence-electron chi connectivity index (χ2n) is 10.3. The number of carbonyl (C=O) groups is 2. The van der Waals surface area contributed by atoms with Crippen molar-refractivity contribution in [2.45, 2.75) is 39.2 Å². The van der Waals surface area contributed by atoms with Crippen LogP contribution < -0.4 is 15.5 Å². The first kappa shape index (κ1) is 25.4. The molecule has 192 valence electrons. The number of anilines is 2. The Bertz CT molecular complexity index is 1370. The van der Waals surface area contributed by atoms with Crippen LogP contribution in [0.4, 0.5) is 11.4 Å². The molecule has 0 fully saturated rings. The molecule has 2 aromatic carbocycles. The summed E-state index contributed by atoms with van der Waals surface area (Å²) in [6.45, 7) is 4.70. The molecule has 7 nitrogen and oxygen atoms in total. The molecule has 0 saturated heterocycles. The third kappa shape index (κ3) is 5.38. The number of nitrogens with zero attached hydrogens (tertiary/aromatic N) is 2. The van der Waals surface area contributed by atoms with E-state index in [1.807, 2.05) is 35.2 Å². The Kier molecular flexibility index (Phi) is 7.01. The zero-order valence-electron chi connectivity index (χ0n) is 20.8. The number of halogens is 2. The van der Waals surface area contributed by atoms with E-state index in [0.29, 0.717) is 41.4 Å². The SMILES string of the molecule is CC1(C)CC(=O)C2=C(C1)Nc1ccccc1N(CC(=O)NCCc1cnc[nH]1)C2c1ccc(Cl)cc1Cl. The van der Waals surface area contributed by atoms with Gasteiger partial charge < -0.3 is 20.5 Å². The third-order valence-electron chi connectivity index (χ3n) is 6.85. The van der Waals surface area contributed by atoms with E-state index >= 15 is 0 Å². The number of fused-ring (bicyclic) bond motifs is 1. The number of carbonyl (C=O) groups excluding carboxylic acids is 2. The van der Waals surface area contributed by atoms with Crippen molar-refractivity contribution in [2.24, 2.45) is 5.41 Å². The number of aromatic nitrogens is 2. The maximum Gasteiger partial charge on any atom is 0.239 e. The van der Waals surface area contributed by atoms with E-state index in [4.69, 9.17) is 23.2 Å². The molecule has 2 aliphatic rings. The molecule has 2 heterocycles. The van der Waals surface area contributed by atoms with Crippen LogP contribution in [-0.4, -0.2) is 34.7 Å². The highest BCUT2D eigenvalue weighted by atomic mass is 35.5. The quantitative estimate of drug-likeness (QED) is 0.375. The summed E-state index contributed by atoms with van der Waals surface area (Å²) in [4.78, 5) is 36.0. The Morgan fingerprint density at radius 2 is 2.00 bits per heavy atom. The number of imidazole rings is 1. The van der Waals surface area contributed by atoms with E-state index in [9.17, 15) is 9.59 Å². The van der Waals surface area contributed by atoms with Crippen molar-refractivity contribution in [3.8, 4) is 0 Å². The third-order valence-corrected chi connectivity index (χ3v) is 7.41. The second kappa shape index (κ2) is 10.2. The lowest BCUT2D eigenvalue weighted by Crippen LogP contribution is -2.42. The Hall–Kier alpha value is -3.29. The predicted octanol–water partition coefficient (Wildman–Crippen LogP) is 5.69. The number of Topliss-reactive ketones (excluding diaryl/α,β-unsaturated/α-hetero) is 1. The number of benzene rings is 2. The molecule has 1 unspecified atom stereocenters. The summed E-state index contributed by atoms with van der Waals surface area (Å²) in [5.74, 6) is -0.107. The van der Waals surface area contributed by atoms with Gasteiger partial charge in [0.2, 0.25) is 5.91 Å². The van der Waals surface area contributed by atoms with Gasteiger partial charge in [-0.3, -0.25) is 9.59 Å². The fraction of sp³-hybridized carbons (Fsp3) is 0.321. The number of nitrogens with one attached hydrogen (secondary N) is 3. The van der Waals surface area contributed by atoms with Crippen LogP contribution >= 0.6 is 23.2 Å². The van der Waals surface area contributed by atoms with Crippen LogP contribution in [0.15, 0.2) is 66.3 Å². The summed E-state index contributed by atoms with van der Waals surface area (Å²) in [6, 6.07) is 12.6. The number of allylic oxidation sites excluding steroid dienone is 1. The number of amides is 1. The van der Waals surface area contributed by atoms with Crippen molar-refractivity contribution in [1.29, 1.82) is 0 Å². The zero-order chi connectivity index (χ0) is 26.2. The lowest BCUT2D eigenvalue weighted by Gasteiger charge is -2.38. The zero-order valence-corrected chi connectivity index (χ0v) is 22.3. The fourth-order valence-corrected chi connectivity index (χ4v) is 5.75. The summed E-state index contributed by atoms with van der Waals surface area (Å²) in [6.07, 6.45) is 5.11. The van der Waals surface area contributed by atoms with Gasteiger partial charge in [-0.25, -0.2) is 4.98 Å². The standard InChI is InChI=1S/C28H29Cl2N5O2/c1-28(2)12-22-26(24(36)13-28)27(19-8-7-17(29)11-20(19)30)35(23-6-4-3-5-21(23)34-22)15-25(37)32-10-9-18-14-31-16-33-18/h3-8,11,14,16,27,34H,9-10,12-13,15H2,1-2H3,(H,31,33)(H,32,37). The molecule has 0 bridgehead atoms. The maximum absolute atomic E-state index is 13.7. The number of hydrogen-bond donors (Lipinski definition) is 3. The van der Waals surface area contributed by atoms with Crippen LogP contribution in [0.5, 0.6) is 0 Å². The van der Waals surface area contributed by atoms with Gasteiger partial charge in [-0.15, -0.1) is 0 Å². The van der Waals surface area contributed by atoms with Crippen molar-refractivity contribution >= 4 is 46.3 Å². The van der Waals surface area contributed by atoms with Gasteiger partial charge in [0.1, 0.15) is 0 Å². The minimum absolute atomic E-state index is 0.0404. The van der Waals surface area contributed by atoms with Crippen LogP contribution in [0.1, 0.15) is 44.0 Å². The minimum atomic E-state index is -0.558. The van der Waals surface area contributed by atoms with Crippen LogP contribution in [0.2, 0.25) is 10.0 Å². The van der Waals surface area contributed by atoms with Crippen molar-refractivity contribution < 1.29 is 9.59 Å². The average Bonchev–Trinajstić information content (AvgIpc) is 3.30. The molecule has 0 spiro atoms. The van der Waals surface area contributed by atoms with Gasteiger partial charge in [0.15, 0.2) is 5.78 Å². The van der Waals surface area contributed by atoms with E-state index in [1.54, 1.807) is 24.7 Å². The first-order valence-electron chi connectivity index (χ1n) is 12.3. The van der Waals surface area contributed by atoms with E-state index in [0.717, 1.165) is 28.3 Å². The molecule has 1 amide bonds. The Balaban J connectivity index is 1.57. The Morgan fingerprint density at radius 3 is 2.76 bits per heavy atom. The topological polar surface area (TPSA) is 90.1 Å². The van der Waals surface area contributed by atoms with Crippen LogP contribution in [0.25, 0.3) is 0 Å². The van der Waals surface area contributed by atoms with Gasteiger partial charge in [0, 0.05) is 52.6 Å². The molecule has 1 aromatic heterocycles. The fourth-order valence-electron chi connectivity index (χ4n) is 5.24. The van der Waals surface area contributed by atoms with Gasteiger partial charge >= 0.3 is 0 Å². The first-order chi connectivity index (χ1) is 17.7. The highest BCUT2D eigenvalue weighted by molar-refractivity contribution is 6.35. The molecule has 0 radical (unpaired) electrons. The molecule has 3 aromatic rings. The van der Waals surface area contributed by atoms with Crippen molar-refractivity contribution in [2.75, 3.05) is 23.3 Å². The summed E-state index contributed by atoms with van der Waals surface area (Å²) in [7, 11) is 0. The highest BCUT2D eigenvalue weighted by Crippen LogP contribution is 2.49. The van der Waals surface area contributed by atoms with Crippen LogP contribution in [0, 0.1) is 5.41 Å². The maximum atomic E-state index is 13.7. The van der Waals surface area contributed by atoms with Crippen LogP contribution in [0.3, 0.4) is 0 Å². The van der Waals surface area contributed by atoms with Gasteiger partial charge in [0.05, 0.1) is 30.3 Å². The van der Waals surface area contributed by atoms with Crippen molar-refractivity contribution in [3.05, 3.63) is 87.6 Å². The summed E-state index contributed by atoms with van der Waals surface area (Å²) < 4.78 is 0. The lowest BCUT2D eigenvalue weighted by molar-refractivity contribution is -0.120. The number of hydrogen-bond acceptors (Lipinski definition) is 5. The normalized spacial score (nSPS) is 18.5. The average molecular weight is 538 g/mol. The minimum Gasteiger partial charge on any atom is -0.357 e. The molecule has 1 aliphatic heterocycles. The number of ketones is 1. The number of rotatable bonds is 6. The number of H-pyrrole nitrogens is 1. The Morgan fingerprint density at radius 1 is 1.19 bits per heavy atom. The van der Waals surface area contributed by atoms with Crippen LogP contribution in [-0.2, 0) is 16.0 Å². The van der Waals surface area contributed by atoms with Gasteiger partial charge in [-0.2, -0.15) is 0 Å². The molecular formula is C28H29Cl2N5O2. The summed E-state index contributed by atoms with van der Waals surface area (Å²) >= 11 is 13.0. The predicted molar refractivity (Wildman–Crippen MR) is 147 cm³/mol. The molecule has 1 atom stereocenters. The van der Waals surface area contributed by atoms with Crippen molar-refractivity contribution in [3.63, 3.8) is 0 Å². The molecule has 0 saturated carbocycles. The highest BCUT2D eigenvalue weighted by Gasteiger charge is 2.42. The van der Waals surface area contributed by atoms with E-state index in [2.05, 4.69) is 34.4 Å². The summed E-state index contributed by atoms with van der Waals surface area (Å²) in [5.41, 5.74) is 4.67. The van der Waals surface area contributed by atoms with Gasteiger partial charge in [-0.1, -0.05) is 55.2 Å². The smallest absolute Gasteiger partial charge is 0.239 e. The van der Waals surface area contributed by atoms with E-state index in [-0.39, 0.29) is 23.7 Å². The lowest BCUT2D eigenvalue weighted by atomic mass is 9.73. The monoisotopic (exact) mass is 537 g/mol. The summed E-state index contributed by atoms with van der Waals surface area (Å²) in [5, 5.41) is 7.51. The number of para-hydroxylation sites is 2. The van der Waals surface area contributed by atoms with E-state index < -0.39 is 6.04 Å². The molecule has 9 heteroatoms. The molecule has 1 aliphatic carbocycles.